The molecule has 28 heavy (non-hydrogen) atoms. The molecule has 0 radical (unpaired) electrons. The summed E-state index contributed by atoms with van der Waals surface area (Å²) in [5.41, 5.74) is 6.80. The maximum absolute atomic E-state index is 12.3. The van der Waals surface area contributed by atoms with E-state index in [1.54, 1.807) is 12.3 Å². The Morgan fingerprint density at radius 1 is 1.07 bits per heavy atom. The third-order valence-electron chi connectivity index (χ3n) is 4.66. The van der Waals surface area contributed by atoms with E-state index in [0.717, 1.165) is 34.0 Å². The number of fused-ring (bicyclic) bond motifs is 1. The van der Waals surface area contributed by atoms with Crippen LogP contribution in [0.1, 0.15) is 28.5 Å². The molecule has 0 aliphatic heterocycles. The number of amides is 1. The van der Waals surface area contributed by atoms with E-state index in [9.17, 15) is 4.79 Å². The van der Waals surface area contributed by atoms with E-state index in [1.807, 2.05) is 42.5 Å². The maximum Gasteiger partial charge on any atom is 0.289 e. The Hall–Kier alpha value is -3.73. The zero-order valence-corrected chi connectivity index (χ0v) is 15.5. The second-order valence-corrected chi connectivity index (χ2v) is 6.49. The van der Waals surface area contributed by atoms with Crippen molar-refractivity contribution in [1.82, 2.24) is 15.6 Å². The number of hydrogen-bond donors (Lipinski definition) is 2. The van der Waals surface area contributed by atoms with E-state index in [0.29, 0.717) is 5.69 Å². The van der Waals surface area contributed by atoms with Gasteiger partial charge in [-0.05, 0) is 34.4 Å². The molecule has 0 aliphatic carbocycles. The minimum Gasteiger partial charge on any atom is -0.272 e. The molecule has 0 unspecified atom stereocenters. The lowest BCUT2D eigenvalue weighted by Crippen LogP contribution is -2.18. The molecule has 0 bridgehead atoms. The molecule has 0 fully saturated rings. The summed E-state index contributed by atoms with van der Waals surface area (Å²) in [7, 11) is 0. The standard InChI is InChI=1S/C23H20N4O/c1-2-16-10-12-17(13-11-16)15-24-27-23(28)22-14-21(25-26-22)20-9-5-7-18-6-3-4-8-19(18)20/h3-15H,2H2,1H3,(H,25,26)(H,27,28). The van der Waals surface area contributed by atoms with E-state index in [2.05, 4.69) is 51.9 Å². The van der Waals surface area contributed by atoms with Crippen molar-refractivity contribution in [2.24, 2.45) is 5.10 Å². The molecule has 5 heteroatoms. The van der Waals surface area contributed by atoms with Crippen LogP contribution < -0.4 is 5.43 Å². The van der Waals surface area contributed by atoms with Crippen LogP contribution in [0.3, 0.4) is 0 Å². The number of hydrazone groups is 1. The van der Waals surface area contributed by atoms with Crippen molar-refractivity contribution in [3.63, 3.8) is 0 Å². The first-order valence-electron chi connectivity index (χ1n) is 9.20. The van der Waals surface area contributed by atoms with Crippen LogP contribution in [-0.2, 0) is 6.42 Å². The molecule has 138 valence electrons. The Morgan fingerprint density at radius 2 is 1.86 bits per heavy atom. The molecular weight excluding hydrogens is 348 g/mol. The monoisotopic (exact) mass is 368 g/mol. The molecule has 3 aromatic carbocycles. The SMILES string of the molecule is CCc1ccc(C=NNC(=O)c2cc(-c3cccc4ccccc34)n[nH]2)cc1. The lowest BCUT2D eigenvalue weighted by Gasteiger charge is -2.02. The number of aryl methyl sites for hydroxylation is 1. The molecule has 0 saturated heterocycles. The Bertz CT molecular complexity index is 1140. The van der Waals surface area contributed by atoms with Crippen LogP contribution >= 0.6 is 0 Å². The first-order valence-corrected chi connectivity index (χ1v) is 9.20. The molecule has 0 saturated carbocycles. The molecule has 0 spiro atoms. The quantitative estimate of drug-likeness (QED) is 0.401. The largest absolute Gasteiger partial charge is 0.289 e. The van der Waals surface area contributed by atoms with Gasteiger partial charge in [-0.1, -0.05) is 73.7 Å². The fourth-order valence-corrected chi connectivity index (χ4v) is 3.09. The van der Waals surface area contributed by atoms with Gasteiger partial charge in [-0.25, -0.2) is 5.43 Å². The lowest BCUT2D eigenvalue weighted by atomic mass is 10.0. The third kappa shape index (κ3) is 3.69. The first kappa shape index (κ1) is 17.7. The van der Waals surface area contributed by atoms with Crippen LogP contribution in [0.5, 0.6) is 0 Å². The zero-order chi connectivity index (χ0) is 19.3. The van der Waals surface area contributed by atoms with E-state index in [1.165, 1.54) is 5.56 Å². The second-order valence-electron chi connectivity index (χ2n) is 6.49. The Kier molecular flexibility index (Phi) is 4.97. The Labute approximate surface area is 163 Å². The van der Waals surface area contributed by atoms with Gasteiger partial charge in [0.25, 0.3) is 5.91 Å². The highest BCUT2D eigenvalue weighted by Crippen LogP contribution is 2.27. The molecule has 0 aliphatic rings. The highest BCUT2D eigenvalue weighted by Gasteiger charge is 2.12. The van der Waals surface area contributed by atoms with Crippen LogP contribution in [0, 0.1) is 0 Å². The summed E-state index contributed by atoms with van der Waals surface area (Å²) in [6, 6.07) is 23.9. The lowest BCUT2D eigenvalue weighted by molar-refractivity contribution is 0.0950. The van der Waals surface area contributed by atoms with Crippen LogP contribution in [0.25, 0.3) is 22.0 Å². The normalized spacial score (nSPS) is 11.2. The van der Waals surface area contributed by atoms with Gasteiger partial charge in [-0.2, -0.15) is 10.2 Å². The molecule has 1 aromatic heterocycles. The fourth-order valence-electron chi connectivity index (χ4n) is 3.09. The smallest absolute Gasteiger partial charge is 0.272 e. The van der Waals surface area contributed by atoms with Crippen LogP contribution in [-0.4, -0.2) is 22.3 Å². The van der Waals surface area contributed by atoms with Crippen molar-refractivity contribution in [2.45, 2.75) is 13.3 Å². The minimum absolute atomic E-state index is 0.333. The summed E-state index contributed by atoms with van der Waals surface area (Å²) in [6.07, 6.45) is 2.62. The first-order chi connectivity index (χ1) is 13.7. The van der Waals surface area contributed by atoms with Crippen LogP contribution in [0.4, 0.5) is 0 Å². The zero-order valence-electron chi connectivity index (χ0n) is 15.5. The summed E-state index contributed by atoms with van der Waals surface area (Å²) < 4.78 is 0. The molecule has 0 atom stereocenters. The second kappa shape index (κ2) is 7.88. The number of hydrogen-bond acceptors (Lipinski definition) is 3. The molecule has 1 amide bonds. The fraction of sp³-hybridized carbons (Fsp3) is 0.0870. The minimum atomic E-state index is -0.333. The van der Waals surface area contributed by atoms with Gasteiger partial charge in [0.2, 0.25) is 0 Å². The van der Waals surface area contributed by atoms with Gasteiger partial charge in [0.15, 0.2) is 0 Å². The van der Waals surface area contributed by atoms with E-state index in [4.69, 9.17) is 0 Å². The average Bonchev–Trinajstić information content (AvgIpc) is 3.24. The van der Waals surface area contributed by atoms with Gasteiger partial charge in [0, 0.05) is 5.56 Å². The van der Waals surface area contributed by atoms with Gasteiger partial charge < -0.3 is 0 Å². The summed E-state index contributed by atoms with van der Waals surface area (Å²) in [4.78, 5) is 12.3. The number of nitrogens with one attached hydrogen (secondary N) is 2. The molecular formula is C23H20N4O. The summed E-state index contributed by atoms with van der Waals surface area (Å²) in [5, 5.41) is 13.4. The van der Waals surface area contributed by atoms with E-state index in [-0.39, 0.29) is 5.91 Å². The topological polar surface area (TPSA) is 70.1 Å². The van der Waals surface area contributed by atoms with Crippen molar-refractivity contribution in [3.05, 3.63) is 89.6 Å². The van der Waals surface area contributed by atoms with Crippen LogP contribution in [0.15, 0.2) is 77.9 Å². The molecule has 2 N–H and O–H groups in total. The summed E-state index contributed by atoms with van der Waals surface area (Å²) in [5.74, 6) is -0.333. The van der Waals surface area contributed by atoms with Gasteiger partial charge in [-0.3, -0.25) is 9.89 Å². The van der Waals surface area contributed by atoms with E-state index >= 15 is 0 Å². The molecule has 1 heterocycles. The van der Waals surface area contributed by atoms with Crippen molar-refractivity contribution in [1.29, 1.82) is 0 Å². The number of carbonyl (C=O) groups is 1. The third-order valence-corrected chi connectivity index (χ3v) is 4.66. The van der Waals surface area contributed by atoms with Crippen molar-refractivity contribution >= 4 is 22.9 Å². The number of benzene rings is 3. The number of aromatic amines is 1. The highest BCUT2D eigenvalue weighted by molar-refractivity contribution is 5.98. The van der Waals surface area contributed by atoms with Crippen molar-refractivity contribution < 1.29 is 4.79 Å². The van der Waals surface area contributed by atoms with E-state index < -0.39 is 0 Å². The van der Waals surface area contributed by atoms with Gasteiger partial charge in [0.05, 0.1) is 11.9 Å². The average molecular weight is 368 g/mol. The van der Waals surface area contributed by atoms with Crippen molar-refractivity contribution in [2.75, 3.05) is 0 Å². The number of H-pyrrole nitrogens is 1. The van der Waals surface area contributed by atoms with Gasteiger partial charge in [-0.15, -0.1) is 0 Å². The summed E-state index contributed by atoms with van der Waals surface area (Å²) in [6.45, 7) is 2.11. The van der Waals surface area contributed by atoms with Crippen LogP contribution in [0.2, 0.25) is 0 Å². The maximum atomic E-state index is 12.3. The predicted octanol–water partition coefficient (Wildman–Crippen LogP) is 4.56. The van der Waals surface area contributed by atoms with Crippen molar-refractivity contribution in [3.8, 4) is 11.3 Å². The molecule has 4 rings (SSSR count). The number of nitrogens with zero attached hydrogens (tertiary/aromatic N) is 2. The molecule has 5 nitrogen and oxygen atoms in total. The molecule has 4 aromatic rings. The predicted molar refractivity (Wildman–Crippen MR) is 112 cm³/mol. The highest BCUT2D eigenvalue weighted by atomic mass is 16.2. The van der Waals surface area contributed by atoms with Gasteiger partial charge in [0.1, 0.15) is 5.69 Å². The number of aromatic nitrogens is 2. The Morgan fingerprint density at radius 3 is 2.68 bits per heavy atom. The number of rotatable bonds is 5. The number of carbonyl (C=O) groups excluding carboxylic acids is 1. The Balaban J connectivity index is 1.49. The summed E-state index contributed by atoms with van der Waals surface area (Å²) >= 11 is 0. The van der Waals surface area contributed by atoms with Gasteiger partial charge >= 0.3 is 0 Å².